The topological polar surface area (TPSA) is 9.23 Å². The van der Waals surface area contributed by atoms with Crippen LogP contribution in [0.25, 0.3) is 0 Å². The fourth-order valence-corrected chi connectivity index (χ4v) is 1.36. The highest BCUT2D eigenvalue weighted by atomic mass is 16.5. The van der Waals surface area contributed by atoms with E-state index in [1.54, 1.807) is 0 Å². The van der Waals surface area contributed by atoms with Crippen LogP contribution in [0.3, 0.4) is 0 Å². The molecule has 1 rings (SSSR count). The minimum atomic E-state index is 0.491. The van der Waals surface area contributed by atoms with Crippen molar-refractivity contribution < 1.29 is 4.74 Å². The predicted octanol–water partition coefficient (Wildman–Crippen LogP) is 2.87. The van der Waals surface area contributed by atoms with E-state index in [0.717, 1.165) is 12.2 Å². The molecule has 0 amide bonds. The van der Waals surface area contributed by atoms with Gasteiger partial charge in [0.25, 0.3) is 0 Å². The Hall–Kier alpha value is -0.460. The molecule has 0 radical (unpaired) electrons. The Morgan fingerprint density at radius 1 is 1.50 bits per heavy atom. The number of allylic oxidation sites excluding steroid dienone is 1. The van der Waals surface area contributed by atoms with Crippen molar-refractivity contribution in [1.82, 2.24) is 0 Å². The van der Waals surface area contributed by atoms with Crippen molar-refractivity contribution in [2.24, 2.45) is 0 Å². The van der Waals surface area contributed by atoms with Crippen LogP contribution in [0.15, 0.2) is 11.3 Å². The van der Waals surface area contributed by atoms with Gasteiger partial charge in [-0.2, -0.15) is 0 Å². The Morgan fingerprint density at radius 3 is 2.60 bits per heavy atom. The van der Waals surface area contributed by atoms with Crippen LogP contribution in [0.5, 0.6) is 0 Å². The maximum absolute atomic E-state index is 5.59. The van der Waals surface area contributed by atoms with Crippen LogP contribution in [0.4, 0.5) is 0 Å². The monoisotopic (exact) mass is 140 g/mol. The van der Waals surface area contributed by atoms with Crippen LogP contribution in [0.2, 0.25) is 0 Å². The first-order chi connectivity index (χ1) is 4.74. The molecule has 0 N–H and O–H groups in total. The third-order valence-corrected chi connectivity index (χ3v) is 2.09. The van der Waals surface area contributed by atoms with Crippen LogP contribution >= 0.6 is 0 Å². The van der Waals surface area contributed by atoms with E-state index in [1.807, 2.05) is 0 Å². The molecule has 1 aliphatic heterocycles. The zero-order chi connectivity index (χ0) is 7.56. The molecule has 1 unspecified atom stereocenters. The smallest absolute Gasteiger partial charge is 0.102 e. The highest BCUT2D eigenvalue weighted by Crippen LogP contribution is 2.26. The molecule has 10 heavy (non-hydrogen) atoms. The minimum absolute atomic E-state index is 0.491. The van der Waals surface area contributed by atoms with Gasteiger partial charge in [-0.1, -0.05) is 13.3 Å². The zero-order valence-corrected chi connectivity index (χ0v) is 7.11. The van der Waals surface area contributed by atoms with Crippen LogP contribution in [-0.4, -0.2) is 6.10 Å². The van der Waals surface area contributed by atoms with E-state index < -0.39 is 0 Å². The summed E-state index contributed by atoms with van der Waals surface area (Å²) in [6.07, 6.45) is 4.07. The molecule has 1 nitrogen and oxygen atoms in total. The Bertz CT molecular complexity index is 133. The van der Waals surface area contributed by atoms with Gasteiger partial charge >= 0.3 is 0 Å². The zero-order valence-electron chi connectivity index (χ0n) is 7.11. The van der Waals surface area contributed by atoms with Gasteiger partial charge in [0.1, 0.15) is 6.10 Å². The van der Waals surface area contributed by atoms with E-state index in [9.17, 15) is 0 Å². The second-order valence-electron chi connectivity index (χ2n) is 3.07. The largest absolute Gasteiger partial charge is 0.495 e. The van der Waals surface area contributed by atoms with E-state index in [0.29, 0.717) is 6.10 Å². The van der Waals surface area contributed by atoms with Gasteiger partial charge in [-0.3, -0.25) is 0 Å². The van der Waals surface area contributed by atoms with Crippen LogP contribution in [0.1, 0.15) is 40.0 Å². The number of hydrogen-bond donors (Lipinski definition) is 0. The van der Waals surface area contributed by atoms with Crippen molar-refractivity contribution in [2.75, 3.05) is 0 Å². The molecule has 0 aliphatic carbocycles. The van der Waals surface area contributed by atoms with Gasteiger partial charge in [-0.05, 0) is 25.8 Å². The first-order valence-corrected chi connectivity index (χ1v) is 4.07. The van der Waals surface area contributed by atoms with E-state index in [-0.39, 0.29) is 0 Å². The highest BCUT2D eigenvalue weighted by molar-refractivity contribution is 5.10. The fraction of sp³-hybridized carbons (Fsp3) is 0.778. The summed E-state index contributed by atoms with van der Waals surface area (Å²) in [5.74, 6) is 1.15. The summed E-state index contributed by atoms with van der Waals surface area (Å²) in [5, 5.41) is 0. The van der Waals surface area contributed by atoms with Gasteiger partial charge in [0.15, 0.2) is 0 Å². The van der Waals surface area contributed by atoms with Crippen molar-refractivity contribution in [3.8, 4) is 0 Å². The van der Waals surface area contributed by atoms with Gasteiger partial charge < -0.3 is 4.74 Å². The van der Waals surface area contributed by atoms with E-state index in [2.05, 4.69) is 20.8 Å². The number of hydrogen-bond acceptors (Lipinski definition) is 1. The predicted molar refractivity (Wildman–Crippen MR) is 42.8 cm³/mol. The minimum Gasteiger partial charge on any atom is -0.495 e. The second-order valence-corrected chi connectivity index (χ2v) is 3.07. The fourth-order valence-electron chi connectivity index (χ4n) is 1.36. The quantitative estimate of drug-likeness (QED) is 0.573. The third-order valence-electron chi connectivity index (χ3n) is 2.09. The molecule has 1 heteroatoms. The normalized spacial score (nSPS) is 25.3. The molecule has 0 saturated heterocycles. The molecule has 58 valence electrons. The Morgan fingerprint density at radius 2 is 2.20 bits per heavy atom. The lowest BCUT2D eigenvalue weighted by Gasteiger charge is -2.08. The van der Waals surface area contributed by atoms with Crippen molar-refractivity contribution >= 4 is 0 Å². The Kier molecular flexibility index (Phi) is 2.36. The number of rotatable bonds is 2. The number of ether oxygens (including phenoxy) is 1. The lowest BCUT2D eigenvalue weighted by Crippen LogP contribution is -2.04. The molecule has 1 atom stereocenters. The van der Waals surface area contributed by atoms with Crippen LogP contribution < -0.4 is 0 Å². The average molecular weight is 140 g/mol. The van der Waals surface area contributed by atoms with Crippen molar-refractivity contribution in [2.45, 2.75) is 46.1 Å². The average Bonchev–Trinajstić information content (AvgIpc) is 2.14. The molecule has 0 saturated carbocycles. The van der Waals surface area contributed by atoms with Crippen LogP contribution in [-0.2, 0) is 4.74 Å². The molecule has 0 aromatic carbocycles. The standard InChI is InChI=1S/C9H16O/c1-4-5-9-6-7(2)8(3)10-9/h9H,4-6H2,1-3H3. The van der Waals surface area contributed by atoms with E-state index in [4.69, 9.17) is 4.74 Å². The molecular formula is C9H16O. The van der Waals surface area contributed by atoms with E-state index in [1.165, 1.54) is 18.4 Å². The first-order valence-electron chi connectivity index (χ1n) is 4.07. The molecule has 0 fully saturated rings. The van der Waals surface area contributed by atoms with Gasteiger partial charge in [0.2, 0.25) is 0 Å². The molecule has 0 aromatic rings. The summed E-state index contributed by atoms with van der Waals surface area (Å²) in [5.41, 5.74) is 1.43. The van der Waals surface area contributed by atoms with Gasteiger partial charge in [-0.15, -0.1) is 0 Å². The summed E-state index contributed by atoms with van der Waals surface area (Å²) >= 11 is 0. The maximum Gasteiger partial charge on any atom is 0.102 e. The van der Waals surface area contributed by atoms with E-state index >= 15 is 0 Å². The summed E-state index contributed by atoms with van der Waals surface area (Å²) in [6.45, 7) is 6.42. The molecule has 1 aliphatic rings. The molecule has 1 heterocycles. The Balaban J connectivity index is 2.36. The molecule has 0 bridgehead atoms. The second kappa shape index (κ2) is 3.09. The van der Waals surface area contributed by atoms with Crippen LogP contribution in [0, 0.1) is 0 Å². The Labute approximate surface area is 63.1 Å². The third kappa shape index (κ3) is 1.53. The molecule has 0 aromatic heterocycles. The van der Waals surface area contributed by atoms with Gasteiger partial charge in [-0.25, -0.2) is 0 Å². The van der Waals surface area contributed by atoms with Gasteiger partial charge in [0, 0.05) is 6.42 Å². The lowest BCUT2D eigenvalue weighted by atomic mass is 10.1. The SMILES string of the molecule is CCCC1CC(C)=C(C)O1. The van der Waals surface area contributed by atoms with Crippen molar-refractivity contribution in [3.63, 3.8) is 0 Å². The summed E-state index contributed by atoms with van der Waals surface area (Å²) in [4.78, 5) is 0. The first kappa shape index (κ1) is 7.64. The molecule has 0 spiro atoms. The van der Waals surface area contributed by atoms with Gasteiger partial charge in [0.05, 0.1) is 5.76 Å². The summed E-state index contributed by atoms with van der Waals surface area (Å²) < 4.78 is 5.59. The molecular weight excluding hydrogens is 124 g/mol. The van der Waals surface area contributed by atoms with Crippen molar-refractivity contribution in [1.29, 1.82) is 0 Å². The summed E-state index contributed by atoms with van der Waals surface area (Å²) in [7, 11) is 0. The maximum atomic E-state index is 5.59. The van der Waals surface area contributed by atoms with Crippen molar-refractivity contribution in [3.05, 3.63) is 11.3 Å². The highest BCUT2D eigenvalue weighted by Gasteiger charge is 2.18. The lowest BCUT2D eigenvalue weighted by molar-refractivity contribution is 0.136. The summed E-state index contributed by atoms with van der Waals surface area (Å²) in [6, 6.07) is 0.